The van der Waals surface area contributed by atoms with Crippen molar-refractivity contribution in [1.82, 2.24) is 5.32 Å². The number of benzene rings is 1. The van der Waals surface area contributed by atoms with E-state index in [-0.39, 0.29) is 16.0 Å². The molecular formula is C17H26N2O2. The molecule has 2 rings (SSSR count). The van der Waals surface area contributed by atoms with E-state index in [0.29, 0.717) is 6.04 Å². The van der Waals surface area contributed by atoms with E-state index in [0.717, 1.165) is 18.5 Å². The molecule has 0 saturated heterocycles. The van der Waals surface area contributed by atoms with Crippen LogP contribution in [0.3, 0.4) is 0 Å². The molecule has 1 N–H and O–H groups in total. The zero-order valence-corrected chi connectivity index (χ0v) is 13.1. The van der Waals surface area contributed by atoms with E-state index in [1.165, 1.54) is 32.1 Å². The van der Waals surface area contributed by atoms with Crippen molar-refractivity contribution in [3.05, 3.63) is 39.9 Å². The average molecular weight is 290 g/mol. The summed E-state index contributed by atoms with van der Waals surface area (Å²) in [4.78, 5) is 10.9. The Kier molecular flexibility index (Phi) is 5.34. The lowest BCUT2D eigenvalue weighted by atomic mass is 9.69. The van der Waals surface area contributed by atoms with Gasteiger partial charge >= 0.3 is 0 Å². The van der Waals surface area contributed by atoms with Gasteiger partial charge in [-0.05, 0) is 31.2 Å². The number of hydrogen-bond donors (Lipinski definition) is 1. The maximum atomic E-state index is 11.2. The second kappa shape index (κ2) is 7.03. The molecule has 1 aliphatic carbocycles. The van der Waals surface area contributed by atoms with Crippen molar-refractivity contribution in [2.45, 2.75) is 58.4 Å². The molecule has 1 aromatic carbocycles. The number of likely N-dealkylation sites (N-methyl/N-ethyl adjacent to an activating group) is 1. The third-order valence-electron chi connectivity index (χ3n) is 4.90. The fourth-order valence-corrected chi connectivity index (χ4v) is 3.60. The Bertz CT molecular complexity index is 481. The van der Waals surface area contributed by atoms with E-state index in [1.807, 2.05) is 12.1 Å². The van der Waals surface area contributed by atoms with Gasteiger partial charge in [0.05, 0.1) is 4.92 Å². The Labute approximate surface area is 127 Å². The number of nitro groups is 1. The van der Waals surface area contributed by atoms with Crippen molar-refractivity contribution in [1.29, 1.82) is 0 Å². The van der Waals surface area contributed by atoms with E-state index in [1.54, 1.807) is 12.1 Å². The van der Waals surface area contributed by atoms with Crippen LogP contribution in [-0.4, -0.2) is 17.5 Å². The molecule has 0 aliphatic heterocycles. The first-order valence-corrected chi connectivity index (χ1v) is 8.02. The molecule has 1 unspecified atom stereocenters. The predicted molar refractivity (Wildman–Crippen MR) is 85.5 cm³/mol. The third-order valence-corrected chi connectivity index (χ3v) is 4.90. The first-order chi connectivity index (χ1) is 10.1. The van der Waals surface area contributed by atoms with Gasteiger partial charge in [0.25, 0.3) is 5.69 Å². The van der Waals surface area contributed by atoms with Crippen molar-refractivity contribution in [3.8, 4) is 0 Å². The summed E-state index contributed by atoms with van der Waals surface area (Å²) >= 11 is 0. The second-order valence-electron chi connectivity index (χ2n) is 6.41. The monoisotopic (exact) mass is 290 g/mol. The maximum Gasteiger partial charge on any atom is 0.272 e. The fourth-order valence-electron chi connectivity index (χ4n) is 3.60. The lowest BCUT2D eigenvalue weighted by molar-refractivity contribution is -0.385. The SMILES string of the molecule is CCNC(Cc1ccccc1[N+](=O)[O-])C1(C)CCCCC1. The van der Waals surface area contributed by atoms with Gasteiger partial charge in [0, 0.05) is 17.7 Å². The third kappa shape index (κ3) is 3.82. The highest BCUT2D eigenvalue weighted by molar-refractivity contribution is 5.40. The van der Waals surface area contributed by atoms with Gasteiger partial charge in [0.1, 0.15) is 0 Å². The predicted octanol–water partition coefficient (Wildman–Crippen LogP) is 4.09. The van der Waals surface area contributed by atoms with Crippen LogP contribution in [0.5, 0.6) is 0 Å². The van der Waals surface area contributed by atoms with Crippen LogP contribution in [-0.2, 0) is 6.42 Å². The molecule has 0 amide bonds. The number of hydrogen-bond acceptors (Lipinski definition) is 3. The summed E-state index contributed by atoms with van der Waals surface area (Å²) < 4.78 is 0. The standard InChI is InChI=1S/C17H26N2O2/c1-3-18-16(17(2)11-7-4-8-12-17)13-14-9-5-6-10-15(14)19(20)21/h5-6,9-10,16,18H,3-4,7-8,11-13H2,1-2H3. The van der Waals surface area contributed by atoms with E-state index < -0.39 is 0 Å². The normalized spacial score (nSPS) is 19.1. The van der Waals surface area contributed by atoms with Gasteiger partial charge in [-0.3, -0.25) is 10.1 Å². The van der Waals surface area contributed by atoms with Gasteiger partial charge < -0.3 is 5.32 Å². The summed E-state index contributed by atoms with van der Waals surface area (Å²) in [5.41, 5.74) is 1.35. The lowest BCUT2D eigenvalue weighted by Gasteiger charge is -2.41. The van der Waals surface area contributed by atoms with Crippen LogP contribution in [0, 0.1) is 15.5 Å². The number of nitro benzene ring substituents is 1. The molecular weight excluding hydrogens is 264 g/mol. The van der Waals surface area contributed by atoms with Crippen LogP contribution >= 0.6 is 0 Å². The summed E-state index contributed by atoms with van der Waals surface area (Å²) in [7, 11) is 0. The molecule has 21 heavy (non-hydrogen) atoms. The highest BCUT2D eigenvalue weighted by atomic mass is 16.6. The number of nitrogens with zero attached hydrogens (tertiary/aromatic N) is 1. The summed E-state index contributed by atoms with van der Waals surface area (Å²) in [6.45, 7) is 5.35. The Balaban J connectivity index is 2.22. The fraction of sp³-hybridized carbons (Fsp3) is 0.647. The molecule has 4 heteroatoms. The van der Waals surface area contributed by atoms with Gasteiger partial charge in [-0.1, -0.05) is 51.3 Å². The van der Waals surface area contributed by atoms with Gasteiger partial charge in [0.2, 0.25) is 0 Å². The summed E-state index contributed by atoms with van der Waals surface area (Å²) in [5, 5.41) is 14.8. The average Bonchev–Trinajstić information content (AvgIpc) is 2.48. The van der Waals surface area contributed by atoms with Crippen LogP contribution in [0.4, 0.5) is 5.69 Å². The Morgan fingerprint density at radius 2 is 1.95 bits per heavy atom. The Morgan fingerprint density at radius 1 is 1.29 bits per heavy atom. The topological polar surface area (TPSA) is 55.2 Å². The highest BCUT2D eigenvalue weighted by Crippen LogP contribution is 2.40. The van der Waals surface area contributed by atoms with Crippen molar-refractivity contribution in [2.24, 2.45) is 5.41 Å². The van der Waals surface area contributed by atoms with E-state index >= 15 is 0 Å². The molecule has 0 heterocycles. The van der Waals surface area contributed by atoms with E-state index in [2.05, 4.69) is 19.2 Å². The van der Waals surface area contributed by atoms with Gasteiger partial charge in [-0.15, -0.1) is 0 Å². The van der Waals surface area contributed by atoms with Crippen molar-refractivity contribution >= 4 is 5.69 Å². The maximum absolute atomic E-state index is 11.2. The first-order valence-electron chi connectivity index (χ1n) is 8.02. The van der Waals surface area contributed by atoms with Crippen LogP contribution in [0.2, 0.25) is 0 Å². The zero-order valence-electron chi connectivity index (χ0n) is 13.1. The van der Waals surface area contributed by atoms with E-state index in [9.17, 15) is 10.1 Å². The highest BCUT2D eigenvalue weighted by Gasteiger charge is 2.35. The molecule has 1 aromatic rings. The summed E-state index contributed by atoms with van der Waals surface area (Å²) in [6, 6.07) is 7.46. The molecule has 4 nitrogen and oxygen atoms in total. The molecule has 1 aliphatic rings. The van der Waals surface area contributed by atoms with Crippen LogP contribution in [0.1, 0.15) is 51.5 Å². The number of nitrogens with one attached hydrogen (secondary N) is 1. The Morgan fingerprint density at radius 3 is 2.57 bits per heavy atom. The number of para-hydroxylation sites is 1. The number of rotatable bonds is 6. The molecule has 0 spiro atoms. The van der Waals surface area contributed by atoms with Crippen molar-refractivity contribution < 1.29 is 4.92 Å². The van der Waals surface area contributed by atoms with Gasteiger partial charge in [-0.2, -0.15) is 0 Å². The van der Waals surface area contributed by atoms with Crippen LogP contribution in [0.15, 0.2) is 24.3 Å². The van der Waals surface area contributed by atoms with E-state index in [4.69, 9.17) is 0 Å². The minimum absolute atomic E-state index is 0.248. The Hall–Kier alpha value is -1.42. The van der Waals surface area contributed by atoms with Gasteiger partial charge in [0.15, 0.2) is 0 Å². The second-order valence-corrected chi connectivity index (χ2v) is 6.41. The minimum Gasteiger partial charge on any atom is -0.313 e. The molecule has 1 fully saturated rings. The van der Waals surface area contributed by atoms with Crippen LogP contribution in [0.25, 0.3) is 0 Å². The van der Waals surface area contributed by atoms with Crippen molar-refractivity contribution in [2.75, 3.05) is 6.54 Å². The molecule has 1 atom stereocenters. The molecule has 0 bridgehead atoms. The quantitative estimate of drug-likeness (QED) is 0.634. The van der Waals surface area contributed by atoms with Gasteiger partial charge in [-0.25, -0.2) is 0 Å². The summed E-state index contributed by atoms with van der Waals surface area (Å²) in [5.74, 6) is 0. The molecule has 116 valence electrons. The largest absolute Gasteiger partial charge is 0.313 e. The van der Waals surface area contributed by atoms with Crippen molar-refractivity contribution in [3.63, 3.8) is 0 Å². The first kappa shape index (κ1) is 16.0. The smallest absolute Gasteiger partial charge is 0.272 e. The minimum atomic E-state index is -0.262. The molecule has 1 saturated carbocycles. The molecule has 0 radical (unpaired) electrons. The zero-order chi connectivity index (χ0) is 15.3. The lowest BCUT2D eigenvalue weighted by Crippen LogP contribution is -2.46. The summed E-state index contributed by atoms with van der Waals surface area (Å²) in [6.07, 6.45) is 7.03. The van der Waals surface area contributed by atoms with Crippen LogP contribution < -0.4 is 5.32 Å². The molecule has 0 aromatic heterocycles.